The molecular formula is C18H17BrN2O3. The first-order valence-electron chi connectivity index (χ1n) is 7.51. The summed E-state index contributed by atoms with van der Waals surface area (Å²) < 4.78 is 0.868. The summed E-state index contributed by atoms with van der Waals surface area (Å²) in [7, 11) is 0. The van der Waals surface area contributed by atoms with Crippen molar-refractivity contribution in [3.05, 3.63) is 70.2 Å². The molecule has 0 bridgehead atoms. The average molecular weight is 389 g/mol. The minimum absolute atomic E-state index is 0.196. The number of hydrogen-bond acceptors (Lipinski definition) is 4. The molecule has 24 heavy (non-hydrogen) atoms. The summed E-state index contributed by atoms with van der Waals surface area (Å²) in [6, 6.07) is 15.6. The molecule has 3 rings (SSSR count). The highest BCUT2D eigenvalue weighted by Crippen LogP contribution is 2.37. The predicted octanol–water partition coefficient (Wildman–Crippen LogP) is 2.94. The highest BCUT2D eigenvalue weighted by Gasteiger charge is 2.46. The lowest BCUT2D eigenvalue weighted by molar-refractivity contribution is -0.167. The highest BCUT2D eigenvalue weighted by molar-refractivity contribution is 9.10. The second-order valence-electron chi connectivity index (χ2n) is 5.80. The van der Waals surface area contributed by atoms with E-state index in [0.717, 1.165) is 9.48 Å². The lowest BCUT2D eigenvalue weighted by Gasteiger charge is -2.32. The van der Waals surface area contributed by atoms with Gasteiger partial charge in [-0.25, -0.2) is 0 Å². The van der Waals surface area contributed by atoms with Crippen LogP contribution in [-0.4, -0.2) is 26.8 Å². The number of rotatable bonds is 3. The van der Waals surface area contributed by atoms with Gasteiger partial charge < -0.3 is 10.2 Å². The van der Waals surface area contributed by atoms with Gasteiger partial charge in [-0.1, -0.05) is 58.4 Å². The Morgan fingerprint density at radius 1 is 1.21 bits per heavy atom. The van der Waals surface area contributed by atoms with Crippen molar-refractivity contribution in [3.8, 4) is 0 Å². The highest BCUT2D eigenvalue weighted by atomic mass is 79.9. The minimum Gasteiger partial charge on any atom is -0.378 e. The van der Waals surface area contributed by atoms with Crippen LogP contribution in [0.1, 0.15) is 30.6 Å². The Bertz CT molecular complexity index is 777. The average Bonchev–Trinajstić information content (AvgIpc) is 2.90. The summed E-state index contributed by atoms with van der Waals surface area (Å²) >= 11 is 3.35. The first-order valence-corrected chi connectivity index (χ1v) is 8.31. The van der Waals surface area contributed by atoms with E-state index in [0.29, 0.717) is 16.8 Å². The second-order valence-corrected chi connectivity index (χ2v) is 6.71. The maximum Gasteiger partial charge on any atom is 0.279 e. The van der Waals surface area contributed by atoms with Gasteiger partial charge in [0.15, 0.2) is 11.8 Å². The summed E-state index contributed by atoms with van der Waals surface area (Å²) in [5.74, 6) is -0.663. The van der Waals surface area contributed by atoms with Crippen LogP contribution in [0.2, 0.25) is 0 Å². The SMILES string of the molecule is CC1=NN(C(=O)[C@@H](O)c2ccccc2)[C@](O)(c2ccc(Br)cc2)C1. The Morgan fingerprint density at radius 2 is 1.83 bits per heavy atom. The summed E-state index contributed by atoms with van der Waals surface area (Å²) in [6.45, 7) is 1.74. The van der Waals surface area contributed by atoms with Crippen LogP contribution in [0.5, 0.6) is 0 Å². The topological polar surface area (TPSA) is 73.1 Å². The molecule has 2 aromatic rings. The number of benzene rings is 2. The van der Waals surface area contributed by atoms with Gasteiger partial charge in [-0.15, -0.1) is 0 Å². The number of carbonyl (C=O) groups excluding carboxylic acids is 1. The Morgan fingerprint density at radius 3 is 2.46 bits per heavy atom. The van der Waals surface area contributed by atoms with E-state index in [2.05, 4.69) is 21.0 Å². The van der Waals surface area contributed by atoms with Crippen LogP contribution in [0.3, 0.4) is 0 Å². The molecular weight excluding hydrogens is 372 g/mol. The number of hydrazone groups is 1. The molecule has 5 nitrogen and oxygen atoms in total. The van der Waals surface area contributed by atoms with E-state index in [1.54, 1.807) is 61.5 Å². The molecule has 1 aliphatic heterocycles. The van der Waals surface area contributed by atoms with Gasteiger partial charge in [0.2, 0.25) is 0 Å². The van der Waals surface area contributed by atoms with E-state index >= 15 is 0 Å². The Hall–Kier alpha value is -2.02. The van der Waals surface area contributed by atoms with Crippen molar-refractivity contribution in [2.75, 3.05) is 0 Å². The number of nitrogens with zero attached hydrogens (tertiary/aromatic N) is 2. The van der Waals surface area contributed by atoms with E-state index in [9.17, 15) is 15.0 Å². The van der Waals surface area contributed by atoms with Crippen molar-refractivity contribution in [1.82, 2.24) is 5.01 Å². The molecule has 1 amide bonds. The third-order valence-corrected chi connectivity index (χ3v) is 4.52. The minimum atomic E-state index is -1.60. The van der Waals surface area contributed by atoms with Gasteiger partial charge in [-0.3, -0.25) is 4.79 Å². The fraction of sp³-hybridized carbons (Fsp3) is 0.222. The normalized spacial score (nSPS) is 21.5. The molecule has 0 radical (unpaired) electrons. The molecule has 0 aliphatic carbocycles. The van der Waals surface area contributed by atoms with Crippen molar-refractivity contribution in [2.45, 2.75) is 25.2 Å². The number of hydrogen-bond donors (Lipinski definition) is 2. The number of carbonyl (C=O) groups is 1. The Balaban J connectivity index is 1.95. The summed E-state index contributed by atoms with van der Waals surface area (Å²) in [5.41, 5.74) is 0.0202. The van der Waals surface area contributed by atoms with Gasteiger partial charge in [0.05, 0.1) is 0 Å². The van der Waals surface area contributed by atoms with E-state index in [-0.39, 0.29) is 6.42 Å². The molecule has 2 aromatic carbocycles. The fourth-order valence-corrected chi connectivity index (χ4v) is 3.05. The quantitative estimate of drug-likeness (QED) is 0.848. The number of aliphatic hydroxyl groups is 2. The van der Waals surface area contributed by atoms with Gasteiger partial charge >= 0.3 is 0 Å². The third-order valence-electron chi connectivity index (χ3n) is 3.99. The zero-order chi connectivity index (χ0) is 17.3. The van der Waals surface area contributed by atoms with Crippen molar-refractivity contribution in [2.24, 2.45) is 5.10 Å². The molecule has 0 saturated heterocycles. The van der Waals surface area contributed by atoms with Gasteiger partial charge in [-0.2, -0.15) is 10.1 Å². The lowest BCUT2D eigenvalue weighted by atomic mass is 9.97. The van der Waals surface area contributed by atoms with Gasteiger partial charge in [0.1, 0.15) is 0 Å². The van der Waals surface area contributed by atoms with Crippen LogP contribution >= 0.6 is 15.9 Å². The smallest absolute Gasteiger partial charge is 0.279 e. The first-order chi connectivity index (χ1) is 11.4. The molecule has 2 N–H and O–H groups in total. The standard InChI is InChI=1S/C18H17BrN2O3/c1-12-11-18(24,14-7-9-15(19)10-8-14)21(20-12)17(23)16(22)13-5-3-2-4-6-13/h2-10,16,22,24H,11H2,1H3/t16-,18+/m0/s1. The zero-order valence-electron chi connectivity index (χ0n) is 13.1. The van der Waals surface area contributed by atoms with Crippen molar-refractivity contribution in [3.63, 3.8) is 0 Å². The van der Waals surface area contributed by atoms with Gasteiger partial charge in [0.25, 0.3) is 5.91 Å². The Labute approximate surface area is 148 Å². The number of amides is 1. The van der Waals surface area contributed by atoms with Crippen molar-refractivity contribution in [1.29, 1.82) is 0 Å². The second kappa shape index (κ2) is 6.47. The fourth-order valence-electron chi connectivity index (χ4n) is 2.79. The van der Waals surface area contributed by atoms with Crippen LogP contribution in [0, 0.1) is 0 Å². The summed E-state index contributed by atoms with van der Waals surface area (Å²) in [6.07, 6.45) is -1.19. The van der Waals surface area contributed by atoms with E-state index in [1.807, 2.05) is 0 Å². The maximum absolute atomic E-state index is 12.7. The maximum atomic E-state index is 12.7. The van der Waals surface area contributed by atoms with Gasteiger partial charge in [-0.05, 0) is 24.6 Å². The predicted molar refractivity (Wildman–Crippen MR) is 94.0 cm³/mol. The molecule has 0 saturated carbocycles. The molecule has 2 atom stereocenters. The lowest BCUT2D eigenvalue weighted by Crippen LogP contribution is -2.45. The molecule has 0 spiro atoms. The Kier molecular flexibility index (Phi) is 4.54. The van der Waals surface area contributed by atoms with Crippen molar-refractivity contribution >= 4 is 27.5 Å². The van der Waals surface area contributed by atoms with E-state index in [1.165, 1.54) is 0 Å². The molecule has 6 heteroatoms. The molecule has 0 aromatic heterocycles. The summed E-state index contributed by atoms with van der Waals surface area (Å²) in [4.78, 5) is 12.7. The molecule has 0 fully saturated rings. The van der Waals surface area contributed by atoms with E-state index < -0.39 is 17.7 Å². The number of aliphatic hydroxyl groups excluding tert-OH is 1. The molecule has 1 aliphatic rings. The molecule has 124 valence electrons. The van der Waals surface area contributed by atoms with Crippen LogP contribution in [0.4, 0.5) is 0 Å². The largest absolute Gasteiger partial charge is 0.378 e. The molecule has 1 heterocycles. The first kappa shape index (κ1) is 16.8. The van der Waals surface area contributed by atoms with E-state index in [4.69, 9.17) is 0 Å². The van der Waals surface area contributed by atoms with Crippen molar-refractivity contribution < 1.29 is 15.0 Å². The van der Waals surface area contributed by atoms with Crippen LogP contribution in [0.15, 0.2) is 64.2 Å². The monoisotopic (exact) mass is 388 g/mol. The van der Waals surface area contributed by atoms with Gasteiger partial charge in [0, 0.05) is 22.2 Å². The number of halogens is 1. The molecule has 0 unspecified atom stereocenters. The zero-order valence-corrected chi connectivity index (χ0v) is 14.6. The third kappa shape index (κ3) is 3.00. The van der Waals surface area contributed by atoms with Crippen LogP contribution < -0.4 is 0 Å². The van der Waals surface area contributed by atoms with Crippen LogP contribution in [0.25, 0.3) is 0 Å². The summed E-state index contributed by atoms with van der Waals surface area (Å²) in [5, 5.41) is 26.6. The van der Waals surface area contributed by atoms with Crippen LogP contribution in [-0.2, 0) is 10.5 Å².